The van der Waals surface area contributed by atoms with Gasteiger partial charge < -0.3 is 15.0 Å². The quantitative estimate of drug-likeness (QED) is 0.632. The largest absolute Gasteiger partial charge is 0.497 e. The molecule has 1 atom stereocenters. The molecule has 2 amide bonds. The predicted molar refractivity (Wildman–Crippen MR) is 123 cm³/mol. The predicted octanol–water partition coefficient (Wildman–Crippen LogP) is 3.12. The van der Waals surface area contributed by atoms with Gasteiger partial charge in [-0.15, -0.1) is 0 Å². The molecular weight excluding hydrogens is 390 g/mol. The van der Waals surface area contributed by atoms with Crippen molar-refractivity contribution in [1.82, 2.24) is 15.1 Å². The summed E-state index contributed by atoms with van der Waals surface area (Å²) in [7, 11) is 3.24. The molecule has 1 fully saturated rings. The van der Waals surface area contributed by atoms with Crippen LogP contribution in [0.25, 0.3) is 6.08 Å². The van der Waals surface area contributed by atoms with Gasteiger partial charge in [0.05, 0.1) is 19.7 Å². The third kappa shape index (κ3) is 6.69. The van der Waals surface area contributed by atoms with Crippen LogP contribution in [0.15, 0.2) is 60.7 Å². The molecule has 0 spiro atoms. The number of likely N-dealkylation sites (tertiary alicyclic amines) is 1. The van der Waals surface area contributed by atoms with Crippen molar-refractivity contribution in [3.8, 4) is 5.75 Å². The van der Waals surface area contributed by atoms with Crippen molar-refractivity contribution in [3.05, 3.63) is 71.8 Å². The number of likely N-dealkylation sites (N-methyl/N-ethyl adjacent to an activating group) is 1. The van der Waals surface area contributed by atoms with E-state index in [9.17, 15) is 9.59 Å². The maximum atomic E-state index is 12.5. The Balaban J connectivity index is 1.52. The number of amides is 2. The Hall–Kier alpha value is -3.12. The van der Waals surface area contributed by atoms with Gasteiger partial charge in [-0.25, -0.2) is 0 Å². The molecule has 3 rings (SSSR count). The fraction of sp³-hybridized carbons (Fsp3) is 0.360. The number of methoxy groups -OCH3 is 1. The average Bonchev–Trinajstić information content (AvgIpc) is 3.33. The van der Waals surface area contributed by atoms with Gasteiger partial charge in [0, 0.05) is 19.7 Å². The van der Waals surface area contributed by atoms with Crippen LogP contribution in [-0.2, 0) is 9.59 Å². The maximum Gasteiger partial charge on any atom is 0.246 e. The van der Waals surface area contributed by atoms with Crippen LogP contribution in [0.1, 0.15) is 30.0 Å². The van der Waals surface area contributed by atoms with Gasteiger partial charge in [0.1, 0.15) is 5.75 Å². The highest BCUT2D eigenvalue weighted by Crippen LogP contribution is 2.24. The van der Waals surface area contributed by atoms with Crippen LogP contribution in [0.4, 0.5) is 0 Å². The number of nitrogens with zero attached hydrogens (tertiary/aromatic N) is 2. The fourth-order valence-electron chi connectivity index (χ4n) is 3.79. The standard InChI is InChI=1S/C25H31N3O3/c1-27(25(30)14-13-20-9-8-12-22(17-20)31-2)19-24(29)26-18-23(28-15-6-7-16-28)21-10-4-3-5-11-21/h3-5,8-14,17,23H,6-7,15-16,18-19H2,1-2H3,(H,26,29)/b14-13+. The Morgan fingerprint density at radius 2 is 1.87 bits per heavy atom. The van der Waals surface area contributed by atoms with Crippen molar-refractivity contribution < 1.29 is 14.3 Å². The van der Waals surface area contributed by atoms with Crippen LogP contribution in [0.3, 0.4) is 0 Å². The van der Waals surface area contributed by atoms with Crippen molar-refractivity contribution in [3.63, 3.8) is 0 Å². The van der Waals surface area contributed by atoms with Crippen LogP contribution in [0.2, 0.25) is 0 Å². The first-order valence-electron chi connectivity index (χ1n) is 10.7. The molecule has 1 aliphatic rings. The minimum Gasteiger partial charge on any atom is -0.497 e. The van der Waals surface area contributed by atoms with Crippen LogP contribution in [0, 0.1) is 0 Å². The van der Waals surface area contributed by atoms with Gasteiger partial charge in [-0.05, 0) is 55.3 Å². The second-order valence-electron chi connectivity index (χ2n) is 7.78. The van der Waals surface area contributed by atoms with E-state index in [1.165, 1.54) is 29.4 Å². The third-order valence-electron chi connectivity index (χ3n) is 5.53. The summed E-state index contributed by atoms with van der Waals surface area (Å²) in [5, 5.41) is 3.02. The summed E-state index contributed by atoms with van der Waals surface area (Å²) in [6.07, 6.45) is 5.57. The topological polar surface area (TPSA) is 61.9 Å². The zero-order valence-electron chi connectivity index (χ0n) is 18.3. The average molecular weight is 422 g/mol. The van der Waals surface area contributed by atoms with Gasteiger partial charge in [-0.2, -0.15) is 0 Å². The molecule has 0 bridgehead atoms. The van der Waals surface area contributed by atoms with Crippen molar-refractivity contribution in [2.45, 2.75) is 18.9 Å². The van der Waals surface area contributed by atoms with E-state index < -0.39 is 0 Å². The molecule has 1 heterocycles. The Labute approximate surface area is 184 Å². The van der Waals surface area contributed by atoms with Gasteiger partial charge >= 0.3 is 0 Å². The lowest BCUT2D eigenvalue weighted by molar-refractivity contribution is -0.131. The van der Waals surface area contributed by atoms with E-state index in [4.69, 9.17) is 4.74 Å². The third-order valence-corrected chi connectivity index (χ3v) is 5.53. The van der Waals surface area contributed by atoms with Crippen molar-refractivity contribution in [1.29, 1.82) is 0 Å². The summed E-state index contributed by atoms with van der Waals surface area (Å²) in [6.45, 7) is 2.64. The van der Waals surface area contributed by atoms with E-state index in [0.29, 0.717) is 6.54 Å². The second kappa shape index (κ2) is 11.3. The van der Waals surface area contributed by atoms with E-state index in [1.54, 1.807) is 20.2 Å². The van der Waals surface area contributed by atoms with Gasteiger partial charge in [-0.1, -0.05) is 42.5 Å². The van der Waals surface area contributed by atoms with E-state index in [1.807, 2.05) is 42.5 Å². The lowest BCUT2D eigenvalue weighted by Gasteiger charge is -2.28. The van der Waals surface area contributed by atoms with Crippen molar-refractivity contribution in [2.24, 2.45) is 0 Å². The van der Waals surface area contributed by atoms with Crippen LogP contribution >= 0.6 is 0 Å². The molecule has 6 heteroatoms. The summed E-state index contributed by atoms with van der Waals surface area (Å²) >= 11 is 0. The molecule has 0 saturated carbocycles. The number of nitrogens with one attached hydrogen (secondary N) is 1. The highest BCUT2D eigenvalue weighted by Gasteiger charge is 2.24. The first-order chi connectivity index (χ1) is 15.1. The second-order valence-corrected chi connectivity index (χ2v) is 7.78. The summed E-state index contributed by atoms with van der Waals surface area (Å²) in [5.74, 6) is 0.344. The molecular formula is C25H31N3O3. The van der Waals surface area contributed by atoms with Gasteiger partial charge in [0.25, 0.3) is 0 Å². The number of carbonyl (C=O) groups is 2. The molecule has 6 nitrogen and oxygen atoms in total. The molecule has 2 aromatic carbocycles. The van der Waals surface area contributed by atoms with Crippen LogP contribution in [-0.4, -0.2) is 62.0 Å². The lowest BCUT2D eigenvalue weighted by atomic mass is 10.1. The summed E-state index contributed by atoms with van der Waals surface area (Å²) in [4.78, 5) is 28.7. The summed E-state index contributed by atoms with van der Waals surface area (Å²) < 4.78 is 5.19. The fourth-order valence-corrected chi connectivity index (χ4v) is 3.79. The monoisotopic (exact) mass is 421 g/mol. The lowest BCUT2D eigenvalue weighted by Crippen LogP contribution is -2.41. The first kappa shape index (κ1) is 22.6. The van der Waals surface area contributed by atoms with Crippen LogP contribution < -0.4 is 10.1 Å². The number of benzene rings is 2. The number of carbonyl (C=O) groups excluding carboxylic acids is 2. The SMILES string of the molecule is COc1cccc(/C=C/C(=O)N(C)CC(=O)NCC(c2ccccc2)N2CCCC2)c1. The first-order valence-corrected chi connectivity index (χ1v) is 10.7. The molecule has 2 aromatic rings. The van der Waals surface area contributed by atoms with E-state index in [-0.39, 0.29) is 24.4 Å². The molecule has 1 N–H and O–H groups in total. The van der Waals surface area contributed by atoms with E-state index in [0.717, 1.165) is 24.4 Å². The van der Waals surface area contributed by atoms with Gasteiger partial charge in [0.15, 0.2) is 0 Å². The number of rotatable bonds is 9. The van der Waals surface area contributed by atoms with Gasteiger partial charge in [-0.3, -0.25) is 14.5 Å². The minimum absolute atomic E-state index is 0.0167. The molecule has 164 valence electrons. The number of hydrogen-bond donors (Lipinski definition) is 1. The van der Waals surface area contributed by atoms with Crippen molar-refractivity contribution >= 4 is 17.9 Å². The Bertz CT molecular complexity index is 892. The molecule has 0 aromatic heterocycles. The zero-order chi connectivity index (χ0) is 22.1. The zero-order valence-corrected chi connectivity index (χ0v) is 18.3. The number of hydrogen-bond acceptors (Lipinski definition) is 4. The molecule has 1 aliphatic heterocycles. The Morgan fingerprint density at radius 1 is 1.13 bits per heavy atom. The highest BCUT2D eigenvalue weighted by atomic mass is 16.5. The molecule has 0 radical (unpaired) electrons. The molecule has 0 aliphatic carbocycles. The Kier molecular flexibility index (Phi) is 8.24. The molecule has 1 unspecified atom stereocenters. The minimum atomic E-state index is -0.225. The van der Waals surface area contributed by atoms with E-state index in [2.05, 4.69) is 22.3 Å². The highest BCUT2D eigenvalue weighted by molar-refractivity contribution is 5.94. The number of ether oxygens (including phenoxy) is 1. The maximum absolute atomic E-state index is 12.5. The molecule has 1 saturated heterocycles. The van der Waals surface area contributed by atoms with E-state index >= 15 is 0 Å². The normalized spacial score (nSPS) is 15.0. The summed E-state index contributed by atoms with van der Waals surface area (Å²) in [5.41, 5.74) is 2.07. The van der Waals surface area contributed by atoms with Gasteiger partial charge in [0.2, 0.25) is 11.8 Å². The Morgan fingerprint density at radius 3 is 2.58 bits per heavy atom. The molecule has 31 heavy (non-hydrogen) atoms. The van der Waals surface area contributed by atoms with Crippen LogP contribution in [0.5, 0.6) is 5.75 Å². The summed E-state index contributed by atoms with van der Waals surface area (Å²) in [6, 6.07) is 17.9. The smallest absolute Gasteiger partial charge is 0.246 e. The van der Waals surface area contributed by atoms with Crippen molar-refractivity contribution in [2.75, 3.05) is 40.3 Å².